The van der Waals surface area contributed by atoms with Crippen molar-refractivity contribution in [1.29, 1.82) is 0 Å². The molecule has 9 heteroatoms. The van der Waals surface area contributed by atoms with Gasteiger partial charge in [0.2, 0.25) is 0 Å². The molecular weight excluding hydrogens is 496 g/mol. The molecule has 0 aliphatic carbocycles. The number of benzene rings is 2. The highest BCUT2D eigenvalue weighted by atomic mass is 35.5. The average molecular weight is 519 g/mol. The first-order chi connectivity index (χ1) is 17.3. The van der Waals surface area contributed by atoms with Gasteiger partial charge in [0.15, 0.2) is 5.11 Å². The van der Waals surface area contributed by atoms with E-state index in [9.17, 15) is 15.0 Å². The molecule has 1 fully saturated rings. The molecule has 0 saturated carbocycles. The van der Waals surface area contributed by atoms with E-state index in [4.69, 9.17) is 23.8 Å². The van der Waals surface area contributed by atoms with Crippen molar-refractivity contribution in [1.82, 2.24) is 14.9 Å². The van der Waals surface area contributed by atoms with Gasteiger partial charge < -0.3 is 25.0 Å². The van der Waals surface area contributed by atoms with E-state index in [0.717, 1.165) is 28.3 Å². The van der Waals surface area contributed by atoms with E-state index in [1.54, 1.807) is 48.7 Å². The van der Waals surface area contributed by atoms with Crippen LogP contribution in [0, 0.1) is 13.8 Å². The number of aromatic hydroxyl groups is 1. The van der Waals surface area contributed by atoms with E-state index < -0.39 is 5.97 Å². The lowest BCUT2D eigenvalue weighted by Crippen LogP contribution is -2.29. The quantitative estimate of drug-likeness (QED) is 0.291. The molecule has 36 heavy (non-hydrogen) atoms. The predicted molar refractivity (Wildman–Crippen MR) is 143 cm³/mol. The Balaban J connectivity index is 1.68. The van der Waals surface area contributed by atoms with Crippen LogP contribution < -0.4 is 10.2 Å². The van der Waals surface area contributed by atoms with Crippen LogP contribution in [0.2, 0.25) is 5.02 Å². The lowest BCUT2D eigenvalue weighted by Gasteiger charge is -2.28. The number of pyridine rings is 1. The van der Waals surface area contributed by atoms with Crippen molar-refractivity contribution in [3.05, 3.63) is 106 Å². The molecule has 0 amide bonds. The molecule has 3 heterocycles. The Hall–Kier alpha value is -3.88. The number of phenols is 1. The summed E-state index contributed by atoms with van der Waals surface area (Å²) in [6.45, 7) is 4.01. The van der Waals surface area contributed by atoms with Crippen LogP contribution in [0.1, 0.15) is 45.1 Å². The highest BCUT2D eigenvalue weighted by Crippen LogP contribution is 2.46. The van der Waals surface area contributed by atoms with Crippen LogP contribution in [0.25, 0.3) is 5.69 Å². The highest BCUT2D eigenvalue weighted by Gasteiger charge is 2.43. The Bertz CT molecular complexity index is 1470. The third-order valence-corrected chi connectivity index (χ3v) is 7.01. The standard InChI is InChI=1S/C27H23ClN4O3S/c1-15-13-20(16(2)31(15)19-9-6-17(7-10-19)26(34)35)25-24(21-5-3-4-12-29-21)30-27(36)32(25)22-14-18(28)8-11-23(22)33/h3-14,24-25,33H,1-2H3,(H,30,36)(H,34,35). The van der Waals surface area contributed by atoms with Crippen molar-refractivity contribution in [2.45, 2.75) is 25.9 Å². The molecule has 5 rings (SSSR count). The third-order valence-electron chi connectivity index (χ3n) is 6.46. The lowest BCUT2D eigenvalue weighted by atomic mass is 9.96. The van der Waals surface area contributed by atoms with Gasteiger partial charge in [0.25, 0.3) is 0 Å². The Morgan fingerprint density at radius 3 is 2.50 bits per heavy atom. The highest BCUT2D eigenvalue weighted by molar-refractivity contribution is 7.80. The van der Waals surface area contributed by atoms with E-state index in [0.29, 0.717) is 15.8 Å². The van der Waals surface area contributed by atoms with Crippen LogP contribution in [0.4, 0.5) is 5.69 Å². The summed E-state index contributed by atoms with van der Waals surface area (Å²) < 4.78 is 2.08. The van der Waals surface area contributed by atoms with E-state index in [-0.39, 0.29) is 23.4 Å². The van der Waals surface area contributed by atoms with E-state index in [1.165, 1.54) is 0 Å². The van der Waals surface area contributed by atoms with Gasteiger partial charge in [0.05, 0.1) is 29.0 Å². The fraction of sp³-hybridized carbons (Fsp3) is 0.148. The van der Waals surface area contributed by atoms with Crippen molar-refractivity contribution in [3.8, 4) is 11.4 Å². The maximum Gasteiger partial charge on any atom is 0.335 e. The SMILES string of the molecule is Cc1cc(C2C(c3ccccn3)NC(=S)N2c2cc(Cl)ccc2O)c(C)n1-c1ccc(C(=O)O)cc1. The molecule has 0 bridgehead atoms. The molecule has 182 valence electrons. The number of thiocarbonyl (C=S) groups is 1. The molecular formula is C27H23ClN4O3S. The second-order valence-electron chi connectivity index (χ2n) is 8.64. The molecule has 3 N–H and O–H groups in total. The molecule has 2 aromatic carbocycles. The summed E-state index contributed by atoms with van der Waals surface area (Å²) >= 11 is 12.1. The summed E-state index contributed by atoms with van der Waals surface area (Å²) in [5, 5.41) is 24.4. The van der Waals surface area contributed by atoms with Gasteiger partial charge in [-0.25, -0.2) is 4.79 Å². The van der Waals surface area contributed by atoms with Crippen LogP contribution in [0.3, 0.4) is 0 Å². The molecule has 0 spiro atoms. The van der Waals surface area contributed by atoms with E-state index in [1.807, 2.05) is 36.9 Å². The minimum atomic E-state index is -0.969. The Morgan fingerprint density at radius 2 is 1.83 bits per heavy atom. The van der Waals surface area contributed by atoms with Gasteiger partial charge in [0.1, 0.15) is 5.75 Å². The number of phenolic OH excluding ortho intramolecular Hbond substituents is 1. The number of anilines is 1. The van der Waals surface area contributed by atoms with Crippen molar-refractivity contribution >= 4 is 40.6 Å². The van der Waals surface area contributed by atoms with Gasteiger partial charge in [-0.3, -0.25) is 4.98 Å². The Kier molecular flexibility index (Phi) is 6.15. The zero-order valence-corrected chi connectivity index (χ0v) is 21.1. The minimum Gasteiger partial charge on any atom is -0.506 e. The van der Waals surface area contributed by atoms with Gasteiger partial charge in [-0.15, -0.1) is 0 Å². The molecule has 1 aliphatic rings. The van der Waals surface area contributed by atoms with Gasteiger partial charge in [0, 0.05) is 28.3 Å². The van der Waals surface area contributed by atoms with E-state index in [2.05, 4.69) is 20.9 Å². The zero-order valence-electron chi connectivity index (χ0n) is 19.5. The summed E-state index contributed by atoms with van der Waals surface area (Å²) in [5.74, 6) is -0.905. The summed E-state index contributed by atoms with van der Waals surface area (Å²) in [4.78, 5) is 17.8. The number of hydrogen-bond acceptors (Lipinski definition) is 4. The second-order valence-corrected chi connectivity index (χ2v) is 9.47. The zero-order chi connectivity index (χ0) is 25.6. The molecule has 2 atom stereocenters. The number of nitrogens with zero attached hydrogens (tertiary/aromatic N) is 3. The summed E-state index contributed by atoms with van der Waals surface area (Å²) in [5.41, 5.74) is 5.30. The first kappa shape index (κ1) is 23.8. The first-order valence-electron chi connectivity index (χ1n) is 11.3. The van der Waals surface area contributed by atoms with Gasteiger partial charge >= 0.3 is 5.97 Å². The monoisotopic (exact) mass is 518 g/mol. The minimum absolute atomic E-state index is 0.0632. The summed E-state index contributed by atoms with van der Waals surface area (Å²) in [6.07, 6.45) is 1.74. The summed E-state index contributed by atoms with van der Waals surface area (Å²) in [7, 11) is 0. The first-order valence-corrected chi connectivity index (χ1v) is 12.1. The normalized spacial score (nSPS) is 17.3. The molecule has 1 aliphatic heterocycles. The number of aromatic carboxylic acids is 1. The maximum absolute atomic E-state index is 11.3. The number of carboxylic acids is 1. The lowest BCUT2D eigenvalue weighted by molar-refractivity contribution is 0.0697. The van der Waals surface area contributed by atoms with Gasteiger partial charge in [-0.05, 0) is 92.3 Å². The fourth-order valence-corrected chi connectivity index (χ4v) is 5.36. The van der Waals surface area contributed by atoms with Crippen LogP contribution >= 0.6 is 23.8 Å². The van der Waals surface area contributed by atoms with Crippen LogP contribution in [0.15, 0.2) is 72.9 Å². The number of hydrogen-bond donors (Lipinski definition) is 3. The fourth-order valence-electron chi connectivity index (χ4n) is 4.86. The summed E-state index contributed by atoms with van der Waals surface area (Å²) in [6, 6.07) is 18.8. The predicted octanol–water partition coefficient (Wildman–Crippen LogP) is 5.72. The largest absolute Gasteiger partial charge is 0.506 e. The third kappa shape index (κ3) is 4.08. The average Bonchev–Trinajstić information content (AvgIpc) is 3.36. The molecule has 0 radical (unpaired) electrons. The number of rotatable bonds is 5. The van der Waals surface area contributed by atoms with Crippen molar-refractivity contribution < 1.29 is 15.0 Å². The molecule has 2 unspecified atom stereocenters. The molecule has 2 aromatic heterocycles. The number of carboxylic acid groups (broad SMARTS) is 1. The number of carbonyl (C=O) groups is 1. The van der Waals surface area contributed by atoms with Crippen LogP contribution in [-0.2, 0) is 0 Å². The Labute approximate surface area is 218 Å². The maximum atomic E-state index is 11.3. The Morgan fingerprint density at radius 1 is 1.08 bits per heavy atom. The van der Waals surface area contributed by atoms with Crippen LogP contribution in [0.5, 0.6) is 5.75 Å². The second kappa shape index (κ2) is 9.29. The topological polar surface area (TPSA) is 90.6 Å². The van der Waals surface area contributed by atoms with Crippen LogP contribution in [-0.4, -0.2) is 30.8 Å². The van der Waals surface area contributed by atoms with Crippen molar-refractivity contribution in [2.24, 2.45) is 0 Å². The molecule has 4 aromatic rings. The van der Waals surface area contributed by atoms with Crippen molar-refractivity contribution in [3.63, 3.8) is 0 Å². The number of nitrogens with one attached hydrogen (secondary N) is 1. The number of halogens is 1. The van der Waals surface area contributed by atoms with Crippen molar-refractivity contribution in [2.75, 3.05) is 4.90 Å². The van der Waals surface area contributed by atoms with E-state index >= 15 is 0 Å². The van der Waals surface area contributed by atoms with Gasteiger partial charge in [-0.1, -0.05) is 17.7 Å². The smallest absolute Gasteiger partial charge is 0.335 e. The molecule has 7 nitrogen and oxygen atoms in total. The number of aromatic nitrogens is 2. The molecule has 1 saturated heterocycles. The van der Waals surface area contributed by atoms with Gasteiger partial charge in [-0.2, -0.15) is 0 Å². The number of aryl methyl sites for hydroxylation is 1.